The summed E-state index contributed by atoms with van der Waals surface area (Å²) in [4.78, 5) is 26.0. The molecule has 154 valence electrons. The molecule has 1 heterocycles. The first-order chi connectivity index (χ1) is 14.4. The van der Waals surface area contributed by atoms with E-state index in [1.54, 1.807) is 43.5 Å². The first-order valence-electron chi connectivity index (χ1n) is 9.52. The number of halogens is 2. The van der Waals surface area contributed by atoms with Gasteiger partial charge < -0.3 is 10.1 Å². The third kappa shape index (κ3) is 3.58. The summed E-state index contributed by atoms with van der Waals surface area (Å²) in [5.41, 5.74) is 1.29. The molecule has 1 aliphatic rings. The largest absolute Gasteiger partial charge is 0.495 e. The highest BCUT2D eigenvalue weighted by Gasteiger charge is 2.40. The van der Waals surface area contributed by atoms with Gasteiger partial charge >= 0.3 is 0 Å². The Labute approximate surface area is 171 Å². The van der Waals surface area contributed by atoms with Gasteiger partial charge in [-0.1, -0.05) is 18.2 Å². The summed E-state index contributed by atoms with van der Waals surface area (Å²) in [5, 5.41) is 2.84. The molecule has 5 nitrogen and oxygen atoms in total. The van der Waals surface area contributed by atoms with Crippen LogP contribution in [0.25, 0.3) is 5.69 Å². The minimum absolute atomic E-state index is 0.0411. The second-order valence-electron chi connectivity index (χ2n) is 7.32. The average Bonchev–Trinajstić information content (AvgIpc) is 3.49. The Balaban J connectivity index is 1.59. The van der Waals surface area contributed by atoms with Gasteiger partial charge in [-0.15, -0.1) is 0 Å². The van der Waals surface area contributed by atoms with Gasteiger partial charge in [-0.05, 0) is 54.8 Å². The lowest BCUT2D eigenvalue weighted by atomic mass is 10.1. The number of pyridine rings is 1. The zero-order chi connectivity index (χ0) is 21.4. The Morgan fingerprint density at radius 1 is 1.13 bits per heavy atom. The predicted molar refractivity (Wildman–Crippen MR) is 108 cm³/mol. The molecule has 2 aromatic carbocycles. The van der Waals surface area contributed by atoms with Gasteiger partial charge in [0.1, 0.15) is 11.3 Å². The van der Waals surface area contributed by atoms with Crippen LogP contribution in [0.15, 0.2) is 59.5 Å². The van der Waals surface area contributed by atoms with Crippen molar-refractivity contribution in [2.45, 2.75) is 25.3 Å². The number of rotatable bonds is 5. The molecule has 4 rings (SSSR count). The van der Waals surface area contributed by atoms with Gasteiger partial charge in [0.2, 0.25) is 0 Å². The molecule has 1 N–H and O–H groups in total. The van der Waals surface area contributed by atoms with E-state index in [4.69, 9.17) is 4.74 Å². The number of benzene rings is 2. The van der Waals surface area contributed by atoms with Crippen molar-refractivity contribution in [1.29, 1.82) is 0 Å². The van der Waals surface area contributed by atoms with E-state index in [0.717, 1.165) is 12.1 Å². The van der Waals surface area contributed by atoms with E-state index in [1.807, 2.05) is 0 Å². The van der Waals surface area contributed by atoms with Gasteiger partial charge in [-0.2, -0.15) is 0 Å². The van der Waals surface area contributed by atoms with Crippen molar-refractivity contribution < 1.29 is 18.3 Å². The highest BCUT2D eigenvalue weighted by atomic mass is 19.2. The van der Waals surface area contributed by atoms with Gasteiger partial charge in [0.25, 0.3) is 11.5 Å². The maximum absolute atomic E-state index is 13.5. The second kappa shape index (κ2) is 7.74. The van der Waals surface area contributed by atoms with Gasteiger partial charge in [0, 0.05) is 18.2 Å². The fraction of sp³-hybridized carbons (Fsp3) is 0.217. The third-order valence-electron chi connectivity index (χ3n) is 5.35. The number of hydrogen-bond acceptors (Lipinski definition) is 3. The van der Waals surface area contributed by atoms with E-state index in [0.29, 0.717) is 29.0 Å². The molecule has 1 saturated carbocycles. The van der Waals surface area contributed by atoms with Gasteiger partial charge in [0.05, 0.1) is 12.8 Å². The second-order valence-corrected chi connectivity index (χ2v) is 7.32. The molecule has 30 heavy (non-hydrogen) atoms. The van der Waals surface area contributed by atoms with Crippen LogP contribution in [0.5, 0.6) is 5.75 Å². The third-order valence-corrected chi connectivity index (χ3v) is 5.35. The number of hydrogen-bond donors (Lipinski definition) is 1. The number of carbonyl (C=O) groups is 1. The highest BCUT2D eigenvalue weighted by molar-refractivity contribution is 5.95. The molecule has 2 atom stereocenters. The first kappa shape index (κ1) is 19.8. The van der Waals surface area contributed by atoms with Gasteiger partial charge in [-0.25, -0.2) is 8.78 Å². The topological polar surface area (TPSA) is 60.3 Å². The quantitative estimate of drug-likeness (QED) is 0.698. The van der Waals surface area contributed by atoms with Crippen LogP contribution in [-0.4, -0.2) is 23.6 Å². The molecule has 0 spiro atoms. The van der Waals surface area contributed by atoms with Crippen molar-refractivity contribution in [3.63, 3.8) is 0 Å². The maximum atomic E-state index is 13.5. The van der Waals surface area contributed by atoms with Crippen LogP contribution in [0.4, 0.5) is 8.78 Å². The van der Waals surface area contributed by atoms with Crippen LogP contribution in [0.2, 0.25) is 0 Å². The number of nitrogens with zero attached hydrogens (tertiary/aromatic N) is 1. The molecular formula is C23H20F2N2O3. The summed E-state index contributed by atoms with van der Waals surface area (Å²) in [7, 11) is 1.51. The number of para-hydroxylation sites is 2. The number of carbonyl (C=O) groups excluding carboxylic acids is 1. The smallest absolute Gasteiger partial charge is 0.268 e. The van der Waals surface area contributed by atoms with Crippen LogP contribution in [0.3, 0.4) is 0 Å². The van der Waals surface area contributed by atoms with E-state index in [9.17, 15) is 18.4 Å². The fourth-order valence-electron chi connectivity index (χ4n) is 3.63. The molecule has 0 radical (unpaired) electrons. The van der Waals surface area contributed by atoms with Crippen molar-refractivity contribution in [2.24, 2.45) is 0 Å². The van der Waals surface area contributed by atoms with Crippen LogP contribution in [-0.2, 0) is 0 Å². The first-order valence-corrected chi connectivity index (χ1v) is 9.52. The fourth-order valence-corrected chi connectivity index (χ4v) is 3.63. The lowest BCUT2D eigenvalue weighted by Gasteiger charge is -2.13. The van der Waals surface area contributed by atoms with Crippen molar-refractivity contribution in [1.82, 2.24) is 9.88 Å². The molecular weight excluding hydrogens is 390 g/mol. The average molecular weight is 410 g/mol. The summed E-state index contributed by atoms with van der Waals surface area (Å²) in [6.45, 7) is 1.70. The van der Waals surface area contributed by atoms with E-state index in [-0.39, 0.29) is 17.5 Å². The predicted octanol–water partition coefficient (Wildman–Crippen LogP) is 3.72. The van der Waals surface area contributed by atoms with E-state index in [2.05, 4.69) is 5.32 Å². The number of ether oxygens (including phenoxy) is 1. The zero-order valence-corrected chi connectivity index (χ0v) is 16.5. The molecule has 1 amide bonds. The lowest BCUT2D eigenvalue weighted by Crippen LogP contribution is -2.35. The summed E-state index contributed by atoms with van der Waals surface area (Å²) < 4.78 is 33.3. The molecule has 0 aliphatic heterocycles. The van der Waals surface area contributed by atoms with Crippen molar-refractivity contribution in [3.8, 4) is 11.4 Å². The maximum Gasteiger partial charge on any atom is 0.268 e. The van der Waals surface area contributed by atoms with Crippen molar-refractivity contribution in [2.75, 3.05) is 7.11 Å². The Bertz CT molecular complexity index is 1190. The standard InChI is InChI=1S/C23H20F2N2O3/c1-13-9-10-27(19-5-3-4-6-20(19)30-2)23(29)21(13)22(28)26-18-12-15(18)14-7-8-16(24)17(25)11-14/h3-11,15,18H,12H2,1-2H3,(H,26,28)/t15-,18+/m1/s1. The Hall–Kier alpha value is -3.48. The lowest BCUT2D eigenvalue weighted by molar-refractivity contribution is 0.0948. The molecule has 0 bridgehead atoms. The van der Waals surface area contributed by atoms with Crippen LogP contribution >= 0.6 is 0 Å². The Kier molecular flexibility index (Phi) is 5.11. The SMILES string of the molecule is COc1ccccc1-n1ccc(C)c(C(=O)N[C@H]2C[C@@H]2c2ccc(F)c(F)c2)c1=O. The van der Waals surface area contributed by atoms with E-state index >= 15 is 0 Å². The van der Waals surface area contributed by atoms with Crippen LogP contribution in [0.1, 0.15) is 33.8 Å². The molecule has 1 aliphatic carbocycles. The van der Waals surface area contributed by atoms with Crippen LogP contribution in [0, 0.1) is 18.6 Å². The molecule has 0 unspecified atom stereocenters. The Morgan fingerprint density at radius 3 is 2.63 bits per heavy atom. The molecule has 1 fully saturated rings. The van der Waals surface area contributed by atoms with Gasteiger partial charge in [-0.3, -0.25) is 14.2 Å². The molecule has 1 aromatic heterocycles. The number of amides is 1. The van der Waals surface area contributed by atoms with E-state index in [1.165, 1.54) is 17.7 Å². The zero-order valence-electron chi connectivity index (χ0n) is 16.5. The summed E-state index contributed by atoms with van der Waals surface area (Å²) >= 11 is 0. The number of aromatic nitrogens is 1. The molecule has 0 saturated heterocycles. The van der Waals surface area contributed by atoms with E-state index < -0.39 is 23.1 Å². The minimum Gasteiger partial charge on any atom is -0.495 e. The normalized spacial score (nSPS) is 17.5. The monoisotopic (exact) mass is 410 g/mol. The molecule has 3 aromatic rings. The minimum atomic E-state index is -0.914. The van der Waals surface area contributed by atoms with Crippen molar-refractivity contribution in [3.05, 3.63) is 93.4 Å². The number of methoxy groups -OCH3 is 1. The number of aryl methyl sites for hydroxylation is 1. The van der Waals surface area contributed by atoms with Gasteiger partial charge in [0.15, 0.2) is 11.6 Å². The number of nitrogens with one attached hydrogen (secondary N) is 1. The van der Waals surface area contributed by atoms with Crippen LogP contribution < -0.4 is 15.6 Å². The van der Waals surface area contributed by atoms with Crippen molar-refractivity contribution >= 4 is 5.91 Å². The summed E-state index contributed by atoms with van der Waals surface area (Å²) in [5.74, 6) is -1.91. The molecule has 7 heteroatoms. The highest BCUT2D eigenvalue weighted by Crippen LogP contribution is 2.41. The summed E-state index contributed by atoms with van der Waals surface area (Å²) in [6, 6.07) is 12.2. The Morgan fingerprint density at radius 2 is 1.90 bits per heavy atom. The summed E-state index contributed by atoms with van der Waals surface area (Å²) in [6.07, 6.45) is 2.21.